The lowest BCUT2D eigenvalue weighted by molar-refractivity contribution is -0.137. The summed E-state index contributed by atoms with van der Waals surface area (Å²) >= 11 is 1.09. The van der Waals surface area contributed by atoms with Gasteiger partial charge in [-0.05, 0) is 50.8 Å². The minimum Gasteiger partial charge on any atom is -0.496 e. The molecule has 1 amide bonds. The number of benzene rings is 2. The van der Waals surface area contributed by atoms with Crippen LogP contribution in [0.3, 0.4) is 0 Å². The lowest BCUT2D eigenvalue weighted by Crippen LogP contribution is -2.57. The first-order chi connectivity index (χ1) is 14.6. The van der Waals surface area contributed by atoms with Gasteiger partial charge in [0.15, 0.2) is 0 Å². The molecule has 1 saturated heterocycles. The van der Waals surface area contributed by atoms with Gasteiger partial charge in [-0.3, -0.25) is 4.79 Å². The second-order valence-electron chi connectivity index (χ2n) is 7.96. The summed E-state index contributed by atoms with van der Waals surface area (Å²) in [5.41, 5.74) is -0.393. The summed E-state index contributed by atoms with van der Waals surface area (Å²) in [6.07, 6.45) is -1.27. The molecule has 2 aromatic rings. The average molecular weight is 453 g/mol. The van der Waals surface area contributed by atoms with Crippen molar-refractivity contribution in [3.05, 3.63) is 59.2 Å². The van der Waals surface area contributed by atoms with Crippen LogP contribution in [0.25, 0.3) is 0 Å². The van der Waals surface area contributed by atoms with Gasteiger partial charge in [0.1, 0.15) is 5.75 Å². The molecule has 0 aromatic heterocycles. The minimum absolute atomic E-state index is 0.0857. The van der Waals surface area contributed by atoms with E-state index in [0.717, 1.165) is 42.3 Å². The Morgan fingerprint density at radius 1 is 1.26 bits per heavy atom. The van der Waals surface area contributed by atoms with Crippen LogP contribution in [0.1, 0.15) is 41.3 Å². The molecule has 1 fully saturated rings. The van der Waals surface area contributed by atoms with E-state index in [0.29, 0.717) is 12.6 Å². The van der Waals surface area contributed by atoms with E-state index in [4.69, 9.17) is 4.74 Å². The average Bonchev–Trinajstić information content (AvgIpc) is 2.75. The van der Waals surface area contributed by atoms with Gasteiger partial charge in [-0.15, -0.1) is 11.8 Å². The summed E-state index contributed by atoms with van der Waals surface area (Å²) in [4.78, 5) is 15.9. The highest BCUT2D eigenvalue weighted by Crippen LogP contribution is 2.39. The van der Waals surface area contributed by atoms with E-state index in [-0.39, 0.29) is 16.2 Å². The van der Waals surface area contributed by atoms with Crippen LogP contribution in [0.5, 0.6) is 5.75 Å². The van der Waals surface area contributed by atoms with Crippen molar-refractivity contribution in [1.29, 1.82) is 0 Å². The molecule has 1 aliphatic rings. The van der Waals surface area contributed by atoms with E-state index in [1.165, 1.54) is 7.11 Å². The van der Waals surface area contributed by atoms with E-state index < -0.39 is 23.2 Å². The molecular weight excluding hydrogens is 425 g/mol. The van der Waals surface area contributed by atoms with Gasteiger partial charge in [-0.25, -0.2) is 0 Å². The fraction of sp³-hybridized carbons (Fsp3) is 0.435. The fourth-order valence-corrected chi connectivity index (χ4v) is 4.72. The van der Waals surface area contributed by atoms with Crippen LogP contribution in [0.2, 0.25) is 0 Å². The highest BCUT2D eigenvalue weighted by Gasteiger charge is 2.41. The molecule has 0 unspecified atom stereocenters. The van der Waals surface area contributed by atoms with Gasteiger partial charge in [-0.2, -0.15) is 13.2 Å². The Hall–Kier alpha value is -2.19. The van der Waals surface area contributed by atoms with Crippen molar-refractivity contribution in [1.82, 2.24) is 10.2 Å². The topological polar surface area (TPSA) is 41.6 Å². The summed E-state index contributed by atoms with van der Waals surface area (Å²) in [5, 5.41) is 3.17. The van der Waals surface area contributed by atoms with Crippen LogP contribution in [0.4, 0.5) is 13.2 Å². The van der Waals surface area contributed by atoms with Gasteiger partial charge < -0.3 is 15.0 Å². The van der Waals surface area contributed by atoms with Gasteiger partial charge in [0, 0.05) is 17.5 Å². The first kappa shape index (κ1) is 23.5. The number of carbonyl (C=O) groups excluding carboxylic acids is 1. The van der Waals surface area contributed by atoms with Crippen LogP contribution in [-0.4, -0.2) is 43.8 Å². The summed E-state index contributed by atoms with van der Waals surface area (Å²) in [6, 6.07) is 12.0. The maximum absolute atomic E-state index is 13.5. The number of piperidine rings is 1. The molecule has 2 aromatic carbocycles. The number of hydrogen-bond donors (Lipinski definition) is 1. The van der Waals surface area contributed by atoms with Crippen LogP contribution >= 0.6 is 11.8 Å². The Morgan fingerprint density at radius 2 is 1.94 bits per heavy atom. The minimum atomic E-state index is -4.53. The number of ether oxygens (including phenoxy) is 1. The first-order valence-electron chi connectivity index (χ1n) is 10.0. The van der Waals surface area contributed by atoms with Gasteiger partial charge in [0.05, 0.1) is 23.8 Å². The number of carbonyl (C=O) groups is 1. The molecule has 0 aliphatic carbocycles. The van der Waals surface area contributed by atoms with E-state index in [2.05, 4.69) is 17.1 Å². The Bertz CT molecular complexity index is 911. The molecule has 31 heavy (non-hydrogen) atoms. The van der Waals surface area contributed by atoms with E-state index in [1.54, 1.807) is 6.26 Å². The van der Waals surface area contributed by atoms with E-state index in [9.17, 15) is 18.0 Å². The number of alkyl halides is 3. The number of nitrogens with one attached hydrogen (secondary N) is 1. The number of rotatable bonds is 5. The smallest absolute Gasteiger partial charge is 0.416 e. The van der Waals surface area contributed by atoms with E-state index >= 15 is 0 Å². The summed E-state index contributed by atoms with van der Waals surface area (Å²) in [6.45, 7) is 2.74. The monoisotopic (exact) mass is 452 g/mol. The van der Waals surface area contributed by atoms with Gasteiger partial charge in [0.2, 0.25) is 0 Å². The summed E-state index contributed by atoms with van der Waals surface area (Å²) in [7, 11) is 3.29. The molecule has 0 saturated carbocycles. The maximum atomic E-state index is 13.5. The Balaban J connectivity index is 2.05. The van der Waals surface area contributed by atoms with Crippen molar-refractivity contribution >= 4 is 17.7 Å². The standard InChI is InChI=1S/C23H27F3N2O2S/c1-15-10-11-22(14-28(15)2,16-8-6-5-7-9-16)27-21(29)20-18(30-3)12-17(23(24,25)26)13-19(20)31-4/h5-9,12-13,15H,10-11,14H2,1-4H3,(H,27,29)/t15-,22+/m0/s1. The number of likely N-dealkylation sites (tertiary alicyclic amines) is 1. The zero-order valence-electron chi connectivity index (χ0n) is 18.0. The predicted octanol–water partition coefficient (Wildman–Crippen LogP) is 5.18. The second-order valence-corrected chi connectivity index (χ2v) is 8.81. The number of likely N-dealkylation sites (N-methyl/N-ethyl adjacent to an activating group) is 1. The zero-order valence-corrected chi connectivity index (χ0v) is 18.9. The molecule has 3 rings (SSSR count). The highest BCUT2D eigenvalue weighted by molar-refractivity contribution is 7.98. The SMILES string of the molecule is COc1cc(C(F)(F)F)cc(SC)c1C(=O)N[C@]1(c2ccccc2)CC[C@H](C)N(C)C1. The third kappa shape index (κ3) is 4.85. The Kier molecular flexibility index (Phi) is 6.91. The number of methoxy groups -OCH3 is 1. The quantitative estimate of drug-likeness (QED) is 0.635. The van der Waals surface area contributed by atoms with Crippen molar-refractivity contribution in [2.45, 2.75) is 42.4 Å². The highest BCUT2D eigenvalue weighted by atomic mass is 32.2. The third-order valence-corrected chi connectivity index (χ3v) is 6.76. The molecule has 0 bridgehead atoms. The molecule has 0 spiro atoms. The van der Waals surface area contributed by atoms with Crippen LogP contribution < -0.4 is 10.1 Å². The molecule has 2 atom stereocenters. The number of nitrogens with zero attached hydrogens (tertiary/aromatic N) is 1. The molecule has 1 aliphatic heterocycles. The summed E-state index contributed by atoms with van der Waals surface area (Å²) in [5.74, 6) is -0.529. The van der Waals surface area contributed by atoms with Gasteiger partial charge in [-0.1, -0.05) is 30.3 Å². The van der Waals surface area contributed by atoms with Crippen LogP contribution in [0, 0.1) is 0 Å². The van der Waals surface area contributed by atoms with Crippen molar-refractivity contribution in [3.63, 3.8) is 0 Å². The largest absolute Gasteiger partial charge is 0.496 e. The Morgan fingerprint density at radius 3 is 2.48 bits per heavy atom. The molecule has 1 N–H and O–H groups in total. The number of amides is 1. The molecule has 4 nitrogen and oxygen atoms in total. The molecular formula is C23H27F3N2O2S. The predicted molar refractivity (Wildman–Crippen MR) is 117 cm³/mol. The third-order valence-electron chi connectivity index (χ3n) is 6.00. The second kappa shape index (κ2) is 9.12. The number of hydrogen-bond acceptors (Lipinski definition) is 4. The zero-order chi connectivity index (χ0) is 22.8. The number of thioether (sulfide) groups is 1. The maximum Gasteiger partial charge on any atom is 0.416 e. The first-order valence-corrected chi connectivity index (χ1v) is 11.3. The molecule has 0 radical (unpaired) electrons. The lowest BCUT2D eigenvalue weighted by Gasteiger charge is -2.45. The van der Waals surface area contributed by atoms with E-state index in [1.807, 2.05) is 37.4 Å². The van der Waals surface area contributed by atoms with Gasteiger partial charge in [0.25, 0.3) is 5.91 Å². The van der Waals surface area contributed by atoms with Crippen molar-refractivity contribution in [2.24, 2.45) is 0 Å². The lowest BCUT2D eigenvalue weighted by atomic mass is 9.80. The normalized spacial score (nSPS) is 22.2. The molecule has 168 valence electrons. The van der Waals surface area contributed by atoms with Crippen LogP contribution in [0.15, 0.2) is 47.4 Å². The van der Waals surface area contributed by atoms with Crippen molar-refractivity contribution in [2.75, 3.05) is 27.0 Å². The summed E-state index contributed by atoms with van der Waals surface area (Å²) < 4.78 is 45.2. The van der Waals surface area contributed by atoms with Crippen molar-refractivity contribution in [3.8, 4) is 5.75 Å². The number of halogens is 3. The van der Waals surface area contributed by atoms with Crippen LogP contribution in [-0.2, 0) is 11.7 Å². The molecule has 8 heteroatoms. The fourth-order valence-electron chi connectivity index (χ4n) is 4.08. The van der Waals surface area contributed by atoms with Crippen molar-refractivity contribution < 1.29 is 22.7 Å². The van der Waals surface area contributed by atoms with Gasteiger partial charge >= 0.3 is 6.18 Å². The Labute approximate surface area is 185 Å². The molecule has 1 heterocycles.